The number of halogens is 4. The van der Waals surface area contributed by atoms with E-state index in [-0.39, 0.29) is 0 Å². The summed E-state index contributed by atoms with van der Waals surface area (Å²) in [5.41, 5.74) is -3.42. The van der Waals surface area contributed by atoms with E-state index in [4.69, 9.17) is 4.74 Å². The van der Waals surface area contributed by atoms with Crippen LogP contribution in [0, 0.1) is 0 Å². The molecule has 0 spiro atoms. The lowest BCUT2D eigenvalue weighted by atomic mass is 9.58. The van der Waals surface area contributed by atoms with Crippen LogP contribution >= 0.6 is 0 Å². The van der Waals surface area contributed by atoms with Gasteiger partial charge in [0, 0.05) is 6.42 Å². The van der Waals surface area contributed by atoms with Crippen molar-refractivity contribution >= 4 is 5.97 Å². The molecule has 110 valence electrons. The molecule has 0 N–H and O–H groups in total. The van der Waals surface area contributed by atoms with Crippen molar-refractivity contribution in [1.29, 1.82) is 0 Å². The van der Waals surface area contributed by atoms with Crippen molar-refractivity contribution in [3.63, 3.8) is 0 Å². The SMILES string of the molecule is CCOc1ccc(C2(C(=O)[O-])CC(F)(F)C2(F)F)cc1. The summed E-state index contributed by atoms with van der Waals surface area (Å²) in [4.78, 5) is 11.1. The second-order valence-corrected chi connectivity index (χ2v) is 4.61. The van der Waals surface area contributed by atoms with Gasteiger partial charge in [-0.1, -0.05) is 12.1 Å². The average molecular weight is 291 g/mol. The third kappa shape index (κ3) is 1.68. The van der Waals surface area contributed by atoms with Crippen molar-refractivity contribution in [2.75, 3.05) is 6.61 Å². The van der Waals surface area contributed by atoms with Crippen molar-refractivity contribution in [1.82, 2.24) is 0 Å². The van der Waals surface area contributed by atoms with Gasteiger partial charge in [-0.05, 0) is 24.6 Å². The first-order valence-electron chi connectivity index (χ1n) is 5.89. The number of hydrogen-bond acceptors (Lipinski definition) is 3. The number of benzene rings is 1. The highest BCUT2D eigenvalue weighted by Gasteiger charge is 2.81. The molecule has 1 aromatic rings. The van der Waals surface area contributed by atoms with Gasteiger partial charge >= 0.3 is 11.8 Å². The highest BCUT2D eigenvalue weighted by molar-refractivity contribution is 5.84. The molecule has 3 nitrogen and oxygen atoms in total. The zero-order valence-electron chi connectivity index (χ0n) is 10.5. The van der Waals surface area contributed by atoms with Gasteiger partial charge in [0.05, 0.1) is 12.6 Å². The second kappa shape index (κ2) is 4.36. The van der Waals surface area contributed by atoms with Crippen molar-refractivity contribution in [2.24, 2.45) is 0 Å². The van der Waals surface area contributed by atoms with Crippen LogP contribution in [0.15, 0.2) is 24.3 Å². The zero-order valence-corrected chi connectivity index (χ0v) is 10.5. The lowest BCUT2D eigenvalue weighted by molar-refractivity contribution is -0.372. The summed E-state index contributed by atoms with van der Waals surface area (Å²) < 4.78 is 58.3. The number of carboxylic acid groups (broad SMARTS) is 1. The zero-order chi connectivity index (χ0) is 15.2. The average Bonchev–Trinajstić information content (AvgIpc) is 2.36. The lowest BCUT2D eigenvalue weighted by Crippen LogP contribution is -2.75. The number of hydrogen-bond donors (Lipinski definition) is 0. The third-order valence-electron chi connectivity index (χ3n) is 3.49. The van der Waals surface area contributed by atoms with Gasteiger partial charge in [0.25, 0.3) is 0 Å². The van der Waals surface area contributed by atoms with E-state index in [2.05, 4.69) is 0 Å². The Kier molecular flexibility index (Phi) is 3.19. The first kappa shape index (κ1) is 14.6. The maximum absolute atomic E-state index is 13.6. The number of carboxylic acids is 1. The molecule has 1 aromatic carbocycles. The fourth-order valence-corrected chi connectivity index (χ4v) is 2.36. The van der Waals surface area contributed by atoms with Crippen molar-refractivity contribution in [2.45, 2.75) is 30.6 Å². The molecule has 1 atom stereocenters. The Hall–Kier alpha value is -1.79. The van der Waals surface area contributed by atoms with Crippen LogP contribution < -0.4 is 9.84 Å². The van der Waals surface area contributed by atoms with Crippen LogP contribution in [0.5, 0.6) is 5.75 Å². The van der Waals surface area contributed by atoms with Gasteiger partial charge in [-0.15, -0.1) is 0 Å². The predicted octanol–water partition coefficient (Wildman–Crippen LogP) is 1.75. The van der Waals surface area contributed by atoms with Gasteiger partial charge in [-0.25, -0.2) is 0 Å². The molecular formula is C13H11F4O3-. The Morgan fingerprint density at radius 1 is 1.25 bits per heavy atom. The van der Waals surface area contributed by atoms with E-state index in [0.29, 0.717) is 12.4 Å². The predicted molar refractivity (Wildman–Crippen MR) is 58.8 cm³/mol. The molecule has 0 aromatic heterocycles. The number of carbonyl (C=O) groups is 1. The summed E-state index contributed by atoms with van der Waals surface area (Å²) in [6, 6.07) is 4.61. The Balaban J connectivity index is 2.44. The lowest BCUT2D eigenvalue weighted by Gasteiger charge is -2.54. The highest BCUT2D eigenvalue weighted by atomic mass is 19.3. The topological polar surface area (TPSA) is 49.4 Å². The third-order valence-corrected chi connectivity index (χ3v) is 3.49. The van der Waals surface area contributed by atoms with Crippen LogP contribution in [0.4, 0.5) is 17.6 Å². The van der Waals surface area contributed by atoms with Crippen LogP contribution in [0.1, 0.15) is 18.9 Å². The molecule has 1 unspecified atom stereocenters. The minimum atomic E-state index is -4.69. The van der Waals surface area contributed by atoms with Crippen LogP contribution in [-0.4, -0.2) is 24.4 Å². The molecule has 7 heteroatoms. The number of ether oxygens (including phenoxy) is 1. The Morgan fingerprint density at radius 2 is 1.80 bits per heavy atom. The fraction of sp³-hybridized carbons (Fsp3) is 0.462. The minimum Gasteiger partial charge on any atom is -0.549 e. The first-order valence-corrected chi connectivity index (χ1v) is 5.89. The molecule has 0 aliphatic heterocycles. The molecule has 0 saturated heterocycles. The second-order valence-electron chi connectivity index (χ2n) is 4.61. The van der Waals surface area contributed by atoms with E-state index in [1.165, 1.54) is 12.1 Å². The van der Waals surface area contributed by atoms with Crippen LogP contribution in [0.2, 0.25) is 0 Å². The summed E-state index contributed by atoms with van der Waals surface area (Å²) in [7, 11) is 0. The highest BCUT2D eigenvalue weighted by Crippen LogP contribution is 2.63. The summed E-state index contributed by atoms with van der Waals surface area (Å²) in [6.45, 7) is 2.04. The maximum Gasteiger partial charge on any atom is 0.325 e. The molecule has 1 aliphatic carbocycles. The normalized spacial score (nSPS) is 26.6. The quantitative estimate of drug-likeness (QED) is 0.794. The van der Waals surface area contributed by atoms with Gasteiger partial charge in [-0.2, -0.15) is 17.6 Å². The minimum absolute atomic E-state index is 0.333. The van der Waals surface area contributed by atoms with Gasteiger partial charge in [-0.3, -0.25) is 0 Å². The molecule has 1 saturated carbocycles. The summed E-state index contributed by atoms with van der Waals surface area (Å²) in [6.07, 6.45) is -1.48. The number of rotatable bonds is 4. The van der Waals surface area contributed by atoms with E-state index in [9.17, 15) is 27.5 Å². The molecule has 1 fully saturated rings. The largest absolute Gasteiger partial charge is 0.549 e. The standard InChI is InChI=1S/C13H12F4O3/c1-2-20-9-5-3-8(4-6-9)11(10(18)19)7-12(14,15)13(11,16)17/h3-6H,2,7H2,1H3,(H,18,19)/p-1. The molecule has 0 bridgehead atoms. The van der Waals surface area contributed by atoms with Crippen molar-refractivity contribution in [3.8, 4) is 5.75 Å². The Bertz CT molecular complexity index is 527. The number of carbonyl (C=O) groups excluding carboxylic acids is 1. The molecule has 2 rings (SSSR count). The van der Waals surface area contributed by atoms with Gasteiger partial charge in [0.15, 0.2) is 0 Å². The molecule has 0 amide bonds. The molecule has 1 aliphatic rings. The van der Waals surface area contributed by atoms with E-state index >= 15 is 0 Å². The van der Waals surface area contributed by atoms with Gasteiger partial charge in [0.1, 0.15) is 11.2 Å². The van der Waals surface area contributed by atoms with Gasteiger partial charge in [0.2, 0.25) is 0 Å². The van der Waals surface area contributed by atoms with E-state index in [1.807, 2.05) is 0 Å². The van der Waals surface area contributed by atoms with Crippen LogP contribution in [0.25, 0.3) is 0 Å². The van der Waals surface area contributed by atoms with E-state index < -0.39 is 35.2 Å². The number of aliphatic carboxylic acids is 1. The van der Waals surface area contributed by atoms with Crippen LogP contribution in [-0.2, 0) is 10.2 Å². The maximum atomic E-state index is 13.6. The van der Waals surface area contributed by atoms with E-state index in [1.54, 1.807) is 6.92 Å². The monoisotopic (exact) mass is 291 g/mol. The Morgan fingerprint density at radius 3 is 2.15 bits per heavy atom. The summed E-state index contributed by atoms with van der Waals surface area (Å²) >= 11 is 0. The summed E-state index contributed by atoms with van der Waals surface area (Å²) in [5, 5.41) is 11.1. The Labute approximate surface area is 112 Å². The van der Waals surface area contributed by atoms with Crippen molar-refractivity contribution in [3.05, 3.63) is 29.8 Å². The van der Waals surface area contributed by atoms with Crippen molar-refractivity contribution < 1.29 is 32.2 Å². The molecular weight excluding hydrogens is 280 g/mol. The molecule has 0 heterocycles. The molecule has 20 heavy (non-hydrogen) atoms. The molecule has 0 radical (unpaired) electrons. The number of alkyl halides is 4. The van der Waals surface area contributed by atoms with Crippen LogP contribution in [0.3, 0.4) is 0 Å². The fourth-order valence-electron chi connectivity index (χ4n) is 2.36. The van der Waals surface area contributed by atoms with Gasteiger partial charge < -0.3 is 14.6 Å². The smallest absolute Gasteiger partial charge is 0.325 e. The van der Waals surface area contributed by atoms with E-state index in [0.717, 1.165) is 12.1 Å². The summed E-state index contributed by atoms with van der Waals surface area (Å²) in [5.74, 6) is -10.9. The first-order chi connectivity index (χ1) is 9.19.